The molecule has 3 aromatic carbocycles. The average Bonchev–Trinajstić information content (AvgIpc) is 3.47. The number of furan rings is 1. The summed E-state index contributed by atoms with van der Waals surface area (Å²) in [6.45, 7) is 1.78. The maximum Gasteiger partial charge on any atom is 0.273 e. The molecular formula is C26H18ClN3O4. The van der Waals surface area contributed by atoms with Crippen molar-refractivity contribution in [3.05, 3.63) is 100 Å². The Morgan fingerprint density at radius 1 is 1.03 bits per heavy atom. The minimum absolute atomic E-state index is 0.00735. The molecule has 0 radical (unpaired) electrons. The van der Waals surface area contributed by atoms with E-state index in [0.29, 0.717) is 38.4 Å². The number of phenols is 1. The molecule has 0 saturated carbocycles. The molecule has 0 aliphatic carbocycles. The summed E-state index contributed by atoms with van der Waals surface area (Å²) in [5.74, 6) is -0.800. The highest BCUT2D eigenvalue weighted by atomic mass is 35.5. The number of hydrogen-bond donors (Lipinski definition) is 3. The van der Waals surface area contributed by atoms with Crippen molar-refractivity contribution < 1.29 is 19.1 Å². The Hall–Kier alpha value is -4.36. The third-order valence-corrected chi connectivity index (χ3v) is 5.73. The van der Waals surface area contributed by atoms with Gasteiger partial charge in [0.05, 0.1) is 11.4 Å². The lowest BCUT2D eigenvalue weighted by Gasteiger charge is -2.05. The van der Waals surface area contributed by atoms with Crippen LogP contribution in [0.25, 0.3) is 22.2 Å². The monoisotopic (exact) mass is 471 g/mol. The molecule has 0 spiro atoms. The second kappa shape index (κ2) is 8.53. The number of H-pyrrole nitrogens is 1. The van der Waals surface area contributed by atoms with E-state index in [9.17, 15) is 14.7 Å². The molecule has 8 heteroatoms. The molecule has 3 N–H and O–H groups in total. The molecule has 0 atom stereocenters. The Balaban J connectivity index is 1.50. The van der Waals surface area contributed by atoms with E-state index < -0.39 is 11.7 Å². The first-order valence-corrected chi connectivity index (χ1v) is 10.8. The van der Waals surface area contributed by atoms with Crippen molar-refractivity contribution in [1.82, 2.24) is 10.2 Å². The maximum absolute atomic E-state index is 13.2. The molecule has 2 heterocycles. The van der Waals surface area contributed by atoms with Gasteiger partial charge >= 0.3 is 0 Å². The van der Waals surface area contributed by atoms with E-state index in [1.54, 1.807) is 73.7 Å². The summed E-state index contributed by atoms with van der Waals surface area (Å²) in [5, 5.41) is 21.1. The van der Waals surface area contributed by atoms with Crippen LogP contribution in [0.5, 0.6) is 5.75 Å². The van der Waals surface area contributed by atoms with E-state index in [1.807, 2.05) is 0 Å². The summed E-state index contributed by atoms with van der Waals surface area (Å²) in [4.78, 5) is 26.3. The number of aromatic nitrogens is 2. The number of anilines is 1. The van der Waals surface area contributed by atoms with Crippen molar-refractivity contribution in [3.8, 4) is 17.0 Å². The van der Waals surface area contributed by atoms with Gasteiger partial charge in [-0.15, -0.1) is 0 Å². The van der Waals surface area contributed by atoms with Gasteiger partial charge < -0.3 is 14.8 Å². The first kappa shape index (κ1) is 21.5. The fourth-order valence-electron chi connectivity index (χ4n) is 3.68. The van der Waals surface area contributed by atoms with Crippen molar-refractivity contribution in [2.75, 3.05) is 5.32 Å². The lowest BCUT2D eigenvalue weighted by molar-refractivity contribution is 0.101. The quantitative estimate of drug-likeness (QED) is 0.273. The van der Waals surface area contributed by atoms with Crippen LogP contribution >= 0.6 is 11.6 Å². The number of aromatic hydroxyl groups is 1. The number of para-hydroxylation sites is 2. The molecule has 0 unspecified atom stereocenters. The molecule has 1 amide bonds. The van der Waals surface area contributed by atoms with Crippen molar-refractivity contribution in [2.24, 2.45) is 0 Å². The second-order valence-corrected chi connectivity index (χ2v) is 8.17. The van der Waals surface area contributed by atoms with Crippen LogP contribution in [0, 0.1) is 6.92 Å². The van der Waals surface area contributed by atoms with Crippen LogP contribution in [0.4, 0.5) is 5.69 Å². The van der Waals surface area contributed by atoms with Crippen molar-refractivity contribution in [1.29, 1.82) is 0 Å². The van der Waals surface area contributed by atoms with Crippen LogP contribution in [0.15, 0.2) is 77.2 Å². The van der Waals surface area contributed by atoms with Gasteiger partial charge in [-0.3, -0.25) is 14.7 Å². The molecule has 7 nitrogen and oxygen atoms in total. The number of ketones is 1. The van der Waals surface area contributed by atoms with Crippen LogP contribution in [0.3, 0.4) is 0 Å². The van der Waals surface area contributed by atoms with E-state index >= 15 is 0 Å². The Kier molecular flexibility index (Phi) is 5.39. The topological polar surface area (TPSA) is 108 Å². The van der Waals surface area contributed by atoms with Gasteiger partial charge in [0, 0.05) is 21.5 Å². The molecule has 5 aromatic rings. The number of nitrogens with one attached hydrogen (secondary N) is 2. The van der Waals surface area contributed by atoms with Crippen molar-refractivity contribution in [2.45, 2.75) is 6.92 Å². The van der Waals surface area contributed by atoms with Gasteiger partial charge in [0.25, 0.3) is 5.91 Å². The maximum atomic E-state index is 13.2. The third-order valence-electron chi connectivity index (χ3n) is 5.48. The van der Waals surface area contributed by atoms with Crippen LogP contribution in [0.2, 0.25) is 5.02 Å². The Bertz CT molecular complexity index is 1550. The number of aromatic amines is 1. The molecule has 0 aliphatic rings. The third kappa shape index (κ3) is 3.82. The van der Waals surface area contributed by atoms with E-state index in [0.717, 1.165) is 0 Å². The number of carbonyl (C=O) groups is 2. The van der Waals surface area contributed by atoms with Gasteiger partial charge in [-0.1, -0.05) is 35.9 Å². The van der Waals surface area contributed by atoms with Gasteiger partial charge in [-0.05, 0) is 61.0 Å². The fraction of sp³-hybridized carbons (Fsp3) is 0.0385. The number of nitrogens with zero attached hydrogens (tertiary/aromatic N) is 1. The average molecular weight is 472 g/mol. The number of carbonyl (C=O) groups excluding carboxylic acids is 2. The van der Waals surface area contributed by atoms with Gasteiger partial charge in [-0.2, -0.15) is 5.10 Å². The summed E-state index contributed by atoms with van der Waals surface area (Å²) >= 11 is 5.94. The molecule has 168 valence electrons. The van der Waals surface area contributed by atoms with Crippen molar-refractivity contribution in [3.63, 3.8) is 0 Å². The predicted octanol–water partition coefficient (Wildman–Crippen LogP) is 5.97. The van der Waals surface area contributed by atoms with Crippen LogP contribution < -0.4 is 5.32 Å². The lowest BCUT2D eigenvalue weighted by Crippen LogP contribution is -2.14. The zero-order valence-corrected chi connectivity index (χ0v) is 18.7. The van der Waals surface area contributed by atoms with Gasteiger partial charge in [0.15, 0.2) is 5.76 Å². The SMILES string of the molecule is Cc1cccc(-c2cc(C(=O)Nc3c(C(=O)c4ccc(Cl)cc4)oc4ccccc34)[nH]n2)c1O. The summed E-state index contributed by atoms with van der Waals surface area (Å²) in [6.07, 6.45) is 0. The zero-order chi connectivity index (χ0) is 23.8. The molecule has 5 rings (SSSR count). The summed E-state index contributed by atoms with van der Waals surface area (Å²) in [5.41, 5.74) is 2.87. The Morgan fingerprint density at radius 3 is 2.59 bits per heavy atom. The molecule has 0 bridgehead atoms. The Morgan fingerprint density at radius 2 is 1.79 bits per heavy atom. The number of amides is 1. The lowest BCUT2D eigenvalue weighted by atomic mass is 10.1. The van der Waals surface area contributed by atoms with Gasteiger partial charge in [-0.25, -0.2) is 0 Å². The molecular weight excluding hydrogens is 454 g/mol. The summed E-state index contributed by atoms with van der Waals surface area (Å²) in [6, 6.07) is 20.3. The molecule has 2 aromatic heterocycles. The number of hydrogen-bond acceptors (Lipinski definition) is 5. The summed E-state index contributed by atoms with van der Waals surface area (Å²) in [7, 11) is 0. The van der Waals surface area contributed by atoms with E-state index in [1.165, 1.54) is 6.07 Å². The van der Waals surface area contributed by atoms with Crippen LogP contribution in [0.1, 0.15) is 32.2 Å². The number of phenolic OH excluding ortho intramolecular Hbond substituents is 1. The number of benzene rings is 3. The molecule has 0 fully saturated rings. The minimum Gasteiger partial charge on any atom is -0.507 e. The van der Waals surface area contributed by atoms with Gasteiger partial charge in [0.1, 0.15) is 17.0 Å². The molecule has 34 heavy (non-hydrogen) atoms. The standard InChI is InChI=1S/C26H18ClN3O4/c1-14-5-4-7-17(23(14)31)19-13-20(30-29-19)26(33)28-22-18-6-2-3-8-21(18)34-25(22)24(32)15-9-11-16(27)12-10-15/h2-13,31H,1H3,(H,28,33)(H,29,30). The van der Waals surface area contributed by atoms with E-state index in [4.69, 9.17) is 16.0 Å². The fourth-order valence-corrected chi connectivity index (χ4v) is 3.81. The highest BCUT2D eigenvalue weighted by Gasteiger charge is 2.24. The van der Waals surface area contributed by atoms with Crippen molar-refractivity contribution >= 4 is 39.9 Å². The second-order valence-electron chi connectivity index (χ2n) is 7.73. The highest BCUT2D eigenvalue weighted by molar-refractivity contribution is 6.30. The number of aryl methyl sites for hydroxylation is 1. The normalized spacial score (nSPS) is 11.0. The molecule has 0 saturated heterocycles. The smallest absolute Gasteiger partial charge is 0.273 e. The number of halogens is 1. The highest BCUT2D eigenvalue weighted by Crippen LogP contribution is 2.34. The largest absolute Gasteiger partial charge is 0.507 e. The van der Waals surface area contributed by atoms with E-state index in [2.05, 4.69) is 15.5 Å². The first-order valence-electron chi connectivity index (χ1n) is 10.4. The van der Waals surface area contributed by atoms with Crippen LogP contribution in [-0.4, -0.2) is 27.0 Å². The number of rotatable bonds is 5. The molecule has 0 aliphatic heterocycles. The Labute approximate surface area is 199 Å². The number of fused-ring (bicyclic) bond motifs is 1. The minimum atomic E-state index is -0.511. The predicted molar refractivity (Wildman–Crippen MR) is 129 cm³/mol. The summed E-state index contributed by atoms with van der Waals surface area (Å²) < 4.78 is 5.83. The first-order chi connectivity index (χ1) is 16.4. The van der Waals surface area contributed by atoms with Gasteiger partial charge in [0.2, 0.25) is 5.78 Å². The van der Waals surface area contributed by atoms with Crippen LogP contribution in [-0.2, 0) is 0 Å². The zero-order valence-electron chi connectivity index (χ0n) is 17.9. The van der Waals surface area contributed by atoms with E-state index in [-0.39, 0.29) is 22.9 Å².